The third kappa shape index (κ3) is 4.87. The topological polar surface area (TPSA) is 85.1 Å². The van der Waals surface area contributed by atoms with E-state index in [4.69, 9.17) is 10.6 Å². The van der Waals surface area contributed by atoms with Gasteiger partial charge in [-0.05, 0) is 13.8 Å². The Morgan fingerprint density at radius 1 is 1.42 bits per heavy atom. The molecule has 1 heterocycles. The summed E-state index contributed by atoms with van der Waals surface area (Å²) in [6.07, 6.45) is -4.56. The number of nitrogens with one attached hydrogen (secondary N) is 2. The molecular weight excluding hydrogens is 263 g/mol. The average molecular weight is 279 g/mol. The van der Waals surface area contributed by atoms with Gasteiger partial charge in [-0.1, -0.05) is 0 Å². The SMILES string of the molecule is CCOCC(C)Nc1cc(C(F)(F)F)nc(NN)n1. The lowest BCUT2D eigenvalue weighted by molar-refractivity contribution is -0.141. The summed E-state index contributed by atoms with van der Waals surface area (Å²) in [6, 6.07) is 0.630. The van der Waals surface area contributed by atoms with Crippen molar-refractivity contribution in [3.8, 4) is 0 Å². The molecule has 9 heteroatoms. The number of nitrogens with two attached hydrogens (primary N) is 1. The van der Waals surface area contributed by atoms with E-state index in [2.05, 4.69) is 15.3 Å². The molecule has 1 atom stereocenters. The second-order valence-electron chi connectivity index (χ2n) is 3.81. The van der Waals surface area contributed by atoms with Gasteiger partial charge in [-0.15, -0.1) is 0 Å². The molecule has 0 radical (unpaired) electrons. The largest absolute Gasteiger partial charge is 0.433 e. The Bertz CT molecular complexity index is 413. The molecule has 6 nitrogen and oxygen atoms in total. The van der Waals surface area contributed by atoms with Gasteiger partial charge in [0.05, 0.1) is 6.61 Å². The fourth-order valence-corrected chi connectivity index (χ4v) is 1.32. The van der Waals surface area contributed by atoms with E-state index in [0.29, 0.717) is 13.2 Å². The first-order valence-corrected chi connectivity index (χ1v) is 5.64. The van der Waals surface area contributed by atoms with Crippen LogP contribution < -0.4 is 16.6 Å². The van der Waals surface area contributed by atoms with Crippen LogP contribution in [0.5, 0.6) is 0 Å². The number of anilines is 2. The highest BCUT2D eigenvalue weighted by Gasteiger charge is 2.33. The van der Waals surface area contributed by atoms with Crippen LogP contribution in [0.4, 0.5) is 24.9 Å². The van der Waals surface area contributed by atoms with Crippen molar-refractivity contribution < 1.29 is 17.9 Å². The number of hydrogen-bond acceptors (Lipinski definition) is 6. The van der Waals surface area contributed by atoms with Crippen LogP contribution in [0.3, 0.4) is 0 Å². The molecule has 0 aliphatic rings. The van der Waals surface area contributed by atoms with Crippen molar-refractivity contribution in [3.63, 3.8) is 0 Å². The number of rotatable bonds is 6. The maximum Gasteiger partial charge on any atom is 0.433 e. The van der Waals surface area contributed by atoms with Crippen molar-refractivity contribution in [3.05, 3.63) is 11.8 Å². The molecule has 1 rings (SSSR count). The van der Waals surface area contributed by atoms with E-state index < -0.39 is 11.9 Å². The second kappa shape index (κ2) is 6.53. The molecular formula is C10H16F3N5O. The summed E-state index contributed by atoms with van der Waals surface area (Å²) in [6.45, 7) is 4.47. The molecule has 19 heavy (non-hydrogen) atoms. The fraction of sp³-hybridized carbons (Fsp3) is 0.600. The quantitative estimate of drug-likeness (QED) is 0.542. The Morgan fingerprint density at radius 2 is 2.11 bits per heavy atom. The molecule has 1 aromatic heterocycles. The molecule has 0 amide bonds. The molecule has 0 spiro atoms. The number of nitrogen functional groups attached to an aromatic ring is 1. The van der Waals surface area contributed by atoms with Gasteiger partial charge in [0, 0.05) is 18.7 Å². The van der Waals surface area contributed by atoms with Gasteiger partial charge in [-0.3, -0.25) is 5.43 Å². The number of hydrazine groups is 1. The highest BCUT2D eigenvalue weighted by Crippen LogP contribution is 2.29. The lowest BCUT2D eigenvalue weighted by Crippen LogP contribution is -2.24. The molecule has 0 aliphatic heterocycles. The minimum atomic E-state index is -4.56. The Morgan fingerprint density at radius 3 is 2.63 bits per heavy atom. The summed E-state index contributed by atoms with van der Waals surface area (Å²) in [5, 5.41) is 2.79. The van der Waals surface area contributed by atoms with Crippen molar-refractivity contribution in [2.75, 3.05) is 24.0 Å². The number of alkyl halides is 3. The zero-order chi connectivity index (χ0) is 14.5. The molecule has 0 bridgehead atoms. The predicted molar refractivity (Wildman–Crippen MR) is 64.4 cm³/mol. The highest BCUT2D eigenvalue weighted by atomic mass is 19.4. The number of nitrogens with zero attached hydrogens (tertiary/aromatic N) is 2. The van der Waals surface area contributed by atoms with E-state index in [1.807, 2.05) is 12.3 Å². The van der Waals surface area contributed by atoms with Crippen molar-refractivity contribution >= 4 is 11.8 Å². The third-order valence-corrected chi connectivity index (χ3v) is 2.11. The fourth-order valence-electron chi connectivity index (χ4n) is 1.32. The van der Waals surface area contributed by atoms with E-state index in [9.17, 15) is 13.2 Å². The van der Waals surface area contributed by atoms with E-state index in [1.54, 1.807) is 6.92 Å². The number of aromatic nitrogens is 2. The first kappa shape index (κ1) is 15.4. The first-order valence-electron chi connectivity index (χ1n) is 5.64. The summed E-state index contributed by atoms with van der Waals surface area (Å²) < 4.78 is 43.0. The van der Waals surface area contributed by atoms with Crippen LogP contribution in [0.2, 0.25) is 0 Å². The Balaban J connectivity index is 2.88. The maximum atomic E-state index is 12.6. The molecule has 0 saturated heterocycles. The van der Waals surface area contributed by atoms with Crippen LogP contribution in [0, 0.1) is 0 Å². The van der Waals surface area contributed by atoms with E-state index in [1.165, 1.54) is 0 Å². The lowest BCUT2D eigenvalue weighted by atomic mass is 10.3. The minimum Gasteiger partial charge on any atom is -0.380 e. The standard InChI is InChI=1S/C10H16F3N5O/c1-3-19-5-6(2)15-8-4-7(10(11,12)13)16-9(17-8)18-14/h4,6H,3,5,14H2,1-2H3,(H2,15,16,17,18). The highest BCUT2D eigenvalue weighted by molar-refractivity contribution is 5.43. The summed E-state index contributed by atoms with van der Waals surface area (Å²) in [7, 11) is 0. The van der Waals surface area contributed by atoms with Crippen LogP contribution in [0.1, 0.15) is 19.5 Å². The maximum absolute atomic E-state index is 12.6. The molecule has 0 saturated carbocycles. The van der Waals surface area contributed by atoms with Crippen LogP contribution >= 0.6 is 0 Å². The van der Waals surface area contributed by atoms with Crippen molar-refractivity contribution in [1.82, 2.24) is 9.97 Å². The average Bonchev–Trinajstić information content (AvgIpc) is 2.34. The normalized spacial score (nSPS) is 13.2. The van der Waals surface area contributed by atoms with Gasteiger partial charge in [0.25, 0.3) is 0 Å². The van der Waals surface area contributed by atoms with Crippen LogP contribution in [0.15, 0.2) is 6.07 Å². The minimum absolute atomic E-state index is 0.0301. The summed E-state index contributed by atoms with van der Waals surface area (Å²) in [5.41, 5.74) is 0.935. The molecule has 1 unspecified atom stereocenters. The third-order valence-electron chi connectivity index (χ3n) is 2.11. The predicted octanol–water partition coefficient (Wildman–Crippen LogP) is 1.62. The van der Waals surface area contributed by atoms with E-state index in [0.717, 1.165) is 6.07 Å². The molecule has 0 fully saturated rings. The summed E-state index contributed by atoms with van der Waals surface area (Å²) in [4.78, 5) is 7.05. The summed E-state index contributed by atoms with van der Waals surface area (Å²) >= 11 is 0. The zero-order valence-corrected chi connectivity index (χ0v) is 10.6. The zero-order valence-electron chi connectivity index (χ0n) is 10.6. The second-order valence-corrected chi connectivity index (χ2v) is 3.81. The van der Waals surface area contributed by atoms with Crippen molar-refractivity contribution in [2.45, 2.75) is 26.1 Å². The molecule has 4 N–H and O–H groups in total. The molecule has 0 aliphatic carbocycles. The molecule has 0 aromatic carbocycles. The Hall–Kier alpha value is -1.61. The Kier molecular flexibility index (Phi) is 5.31. The van der Waals surface area contributed by atoms with Crippen molar-refractivity contribution in [2.24, 2.45) is 5.84 Å². The van der Waals surface area contributed by atoms with Crippen LogP contribution in [-0.4, -0.2) is 29.2 Å². The van der Waals surface area contributed by atoms with Crippen LogP contribution in [0.25, 0.3) is 0 Å². The Labute approximate surface area is 108 Å². The lowest BCUT2D eigenvalue weighted by Gasteiger charge is -2.16. The number of hydrogen-bond donors (Lipinski definition) is 3. The number of ether oxygens (including phenoxy) is 1. The number of halogens is 3. The van der Waals surface area contributed by atoms with Gasteiger partial charge in [0.2, 0.25) is 5.95 Å². The van der Waals surface area contributed by atoms with E-state index in [-0.39, 0.29) is 17.8 Å². The van der Waals surface area contributed by atoms with Gasteiger partial charge < -0.3 is 10.1 Å². The van der Waals surface area contributed by atoms with E-state index >= 15 is 0 Å². The van der Waals surface area contributed by atoms with Crippen LogP contribution in [-0.2, 0) is 10.9 Å². The van der Waals surface area contributed by atoms with Gasteiger partial charge in [0.1, 0.15) is 5.82 Å². The first-order chi connectivity index (χ1) is 8.86. The van der Waals surface area contributed by atoms with Gasteiger partial charge in [-0.2, -0.15) is 18.2 Å². The molecule has 1 aromatic rings. The van der Waals surface area contributed by atoms with Crippen molar-refractivity contribution in [1.29, 1.82) is 0 Å². The monoisotopic (exact) mass is 279 g/mol. The van der Waals surface area contributed by atoms with Gasteiger partial charge in [-0.25, -0.2) is 10.8 Å². The molecule has 108 valence electrons. The van der Waals surface area contributed by atoms with Gasteiger partial charge in [0.15, 0.2) is 5.69 Å². The van der Waals surface area contributed by atoms with Gasteiger partial charge >= 0.3 is 6.18 Å². The summed E-state index contributed by atoms with van der Waals surface area (Å²) in [5.74, 6) is 4.77. The smallest absolute Gasteiger partial charge is 0.380 e.